The average molecular weight is 1700 g/mol. The van der Waals surface area contributed by atoms with Gasteiger partial charge >= 0.3 is 33.6 Å². The number of rotatable bonds is 88. The lowest BCUT2D eigenvalue weighted by molar-refractivity contribution is -0.161. The van der Waals surface area contributed by atoms with E-state index in [9.17, 15) is 43.5 Å². The first-order chi connectivity index (χ1) is 58.2. The maximum atomic E-state index is 13.0. The number of ether oxygens (including phenoxy) is 3. The number of phosphoric ester groups is 2. The largest absolute Gasteiger partial charge is 0.472 e. The van der Waals surface area contributed by atoms with Crippen LogP contribution >= 0.6 is 15.6 Å². The van der Waals surface area contributed by atoms with Gasteiger partial charge in [-0.25, -0.2) is 9.13 Å². The second-order valence-corrected chi connectivity index (χ2v) is 33.9. The first kappa shape index (κ1) is 114. The number of unbranched alkanes of at least 4 members (excludes halogenated alkanes) is 35. The summed E-state index contributed by atoms with van der Waals surface area (Å²) in [5.41, 5.74) is 0. The highest BCUT2D eigenvalue weighted by molar-refractivity contribution is 7.47. The Kier molecular flexibility index (Phi) is 87.7. The van der Waals surface area contributed by atoms with Crippen LogP contribution in [0.1, 0.15) is 380 Å². The van der Waals surface area contributed by atoms with E-state index in [1.807, 2.05) is 0 Å². The smallest absolute Gasteiger partial charge is 0.463 e. The van der Waals surface area contributed by atoms with Gasteiger partial charge in [-0.15, -0.1) is 0 Å². The fraction of sp³-hybridized carbons (Fsp3) is 0.673. The normalized spacial score (nSPS) is 14.6. The molecular formula is C101H170O16P2. The number of carbonyl (C=O) groups excluding carboxylic acids is 3. The van der Waals surface area contributed by atoms with Crippen molar-refractivity contribution in [3.05, 3.63) is 182 Å². The molecule has 680 valence electrons. The van der Waals surface area contributed by atoms with E-state index in [0.717, 1.165) is 193 Å². The van der Waals surface area contributed by atoms with E-state index in [0.29, 0.717) is 19.3 Å². The molecule has 0 aromatic carbocycles. The van der Waals surface area contributed by atoms with Crippen molar-refractivity contribution >= 4 is 33.6 Å². The number of hydrogen-bond donors (Lipinski definition) is 4. The van der Waals surface area contributed by atoms with E-state index in [1.54, 1.807) is 0 Å². The second kappa shape index (κ2) is 91.8. The van der Waals surface area contributed by atoms with Crippen molar-refractivity contribution in [3.8, 4) is 0 Å². The first-order valence-corrected chi connectivity index (χ1v) is 50.1. The highest BCUT2D eigenvalue weighted by Gasteiger charge is 2.29. The van der Waals surface area contributed by atoms with Gasteiger partial charge in [0.2, 0.25) is 0 Å². The number of aliphatic hydroxyl groups excluding tert-OH is 2. The van der Waals surface area contributed by atoms with E-state index in [2.05, 4.69) is 203 Å². The zero-order valence-electron chi connectivity index (χ0n) is 75.0. The molecule has 0 aromatic heterocycles. The van der Waals surface area contributed by atoms with Crippen LogP contribution in [-0.2, 0) is 55.8 Å². The van der Waals surface area contributed by atoms with Crippen LogP contribution in [-0.4, -0.2) is 95.9 Å². The molecule has 4 N–H and O–H groups in total. The Bertz CT molecular complexity index is 2890. The number of esters is 3. The standard InChI is InChI=1S/C101H170O16P2/c1-4-7-10-13-16-19-22-25-28-31-33-35-37-39-41-43-45-46-47-48-50-52-53-55-57-59-61-64-66-69-72-75-78-81-84-87-99(104)111-90-96(102)91-113-118(107,108)114-92-97(103)93-115-119(109,110)116-95-98(117-101(106)89-86-83-80-77-74-71-68-63-30-27-24-21-18-15-12-9-6-3)94-112-100(105)88-85-82-79-76-73-70-67-65-62-60-58-56-54-51-49-44-42-40-38-36-34-32-29-26-23-20-17-14-11-8-5-2/h7-12,16-21,25-30,33-36,39-42,45-46,49,51,96-98,102-103H,4-6,13-15,22-24,31-32,37-38,43-44,47-48,50,52-95H2,1-3H3,(H,107,108)(H,109,110)/b10-7-,11-8-,12-9-,19-16-,20-17-,21-18-,28-25-,29-26-,30-27-,35-33-,36-34-,41-39-,42-40-,46-45-,51-49-. The molecule has 5 unspecified atom stereocenters. The van der Waals surface area contributed by atoms with Gasteiger partial charge < -0.3 is 34.2 Å². The predicted octanol–water partition coefficient (Wildman–Crippen LogP) is 29.2. The third-order valence-electron chi connectivity index (χ3n) is 19.6. The van der Waals surface area contributed by atoms with Crippen LogP contribution in [0.2, 0.25) is 0 Å². The second-order valence-electron chi connectivity index (χ2n) is 31.0. The van der Waals surface area contributed by atoms with Crippen LogP contribution in [0.25, 0.3) is 0 Å². The molecule has 0 bridgehead atoms. The number of carbonyl (C=O) groups is 3. The fourth-order valence-electron chi connectivity index (χ4n) is 12.6. The summed E-state index contributed by atoms with van der Waals surface area (Å²) in [7, 11) is -9.81. The van der Waals surface area contributed by atoms with E-state index >= 15 is 0 Å². The fourth-order valence-corrected chi connectivity index (χ4v) is 14.2. The summed E-state index contributed by atoms with van der Waals surface area (Å²) in [6, 6.07) is 0. The summed E-state index contributed by atoms with van der Waals surface area (Å²) in [6.07, 6.45) is 121. The average Bonchev–Trinajstić information content (AvgIpc) is 0.902. The van der Waals surface area contributed by atoms with Crippen molar-refractivity contribution < 1.29 is 75.8 Å². The van der Waals surface area contributed by atoms with Crippen molar-refractivity contribution in [3.63, 3.8) is 0 Å². The molecule has 0 saturated heterocycles. The van der Waals surface area contributed by atoms with Crippen molar-refractivity contribution in [2.45, 2.75) is 399 Å². The van der Waals surface area contributed by atoms with Crippen LogP contribution in [0.15, 0.2) is 182 Å². The third kappa shape index (κ3) is 93.2. The van der Waals surface area contributed by atoms with Gasteiger partial charge in [-0.2, -0.15) is 0 Å². The summed E-state index contributed by atoms with van der Waals surface area (Å²) in [4.78, 5) is 59.0. The maximum Gasteiger partial charge on any atom is 0.472 e. The molecule has 0 radical (unpaired) electrons. The van der Waals surface area contributed by atoms with Crippen molar-refractivity contribution in [1.29, 1.82) is 0 Å². The number of allylic oxidation sites excluding steroid dienone is 30. The monoisotopic (exact) mass is 1700 g/mol. The molecule has 5 atom stereocenters. The molecule has 0 amide bonds. The van der Waals surface area contributed by atoms with E-state index in [-0.39, 0.29) is 19.3 Å². The quantitative estimate of drug-likeness (QED) is 0.0146. The minimum Gasteiger partial charge on any atom is -0.463 e. The number of aliphatic hydroxyl groups is 2. The zero-order valence-corrected chi connectivity index (χ0v) is 76.8. The maximum absolute atomic E-state index is 13.0. The molecule has 0 aliphatic heterocycles. The molecule has 119 heavy (non-hydrogen) atoms. The Morgan fingerprint density at radius 3 is 0.664 bits per heavy atom. The summed E-state index contributed by atoms with van der Waals surface area (Å²) in [5, 5.41) is 20.7. The molecule has 0 aromatic rings. The van der Waals surface area contributed by atoms with Crippen LogP contribution in [0.5, 0.6) is 0 Å². The SMILES string of the molecule is CC/C=C\C/C=C\C/C=C\C/C=C\C/C=C\C/C=C\CCCCCCCCCCCCCCCCCCC(=O)OCC(O)COP(=O)(O)OCC(O)COP(=O)(O)OCC(COC(=O)CCCCCCCCCCCCCC/C=C\C/C=C\C/C=C\C/C=C\C/C=C\C/C=C\CC)OC(=O)CCCCCCCCC/C=C\C/C=C\C/C=C\CC. The molecule has 0 saturated carbocycles. The van der Waals surface area contributed by atoms with E-state index in [1.165, 1.54) is 128 Å². The van der Waals surface area contributed by atoms with Crippen molar-refractivity contribution in [2.24, 2.45) is 0 Å². The minimum absolute atomic E-state index is 0.0894. The van der Waals surface area contributed by atoms with Crippen LogP contribution in [0.4, 0.5) is 0 Å². The Hall–Kier alpha value is -5.35. The lowest BCUT2D eigenvalue weighted by Gasteiger charge is -2.21. The highest BCUT2D eigenvalue weighted by Crippen LogP contribution is 2.45. The first-order valence-electron chi connectivity index (χ1n) is 47.1. The topological polar surface area (TPSA) is 231 Å². The molecule has 0 aliphatic carbocycles. The minimum atomic E-state index is -4.95. The van der Waals surface area contributed by atoms with Gasteiger partial charge in [0.25, 0.3) is 0 Å². The lowest BCUT2D eigenvalue weighted by atomic mass is 10.0. The predicted molar refractivity (Wildman–Crippen MR) is 500 cm³/mol. The summed E-state index contributed by atoms with van der Waals surface area (Å²) >= 11 is 0. The van der Waals surface area contributed by atoms with Gasteiger partial charge in [-0.05, 0) is 154 Å². The van der Waals surface area contributed by atoms with Crippen LogP contribution < -0.4 is 0 Å². The molecule has 16 nitrogen and oxygen atoms in total. The Labute approximate surface area is 725 Å². The van der Waals surface area contributed by atoms with Gasteiger partial charge in [0.15, 0.2) is 6.10 Å². The summed E-state index contributed by atoms with van der Waals surface area (Å²) < 4.78 is 61.5. The molecule has 0 rings (SSSR count). The van der Waals surface area contributed by atoms with Crippen molar-refractivity contribution in [1.82, 2.24) is 0 Å². The molecular weight excluding hydrogens is 1530 g/mol. The molecule has 0 fully saturated rings. The van der Waals surface area contributed by atoms with Crippen molar-refractivity contribution in [2.75, 3.05) is 39.6 Å². The van der Waals surface area contributed by atoms with E-state index in [4.69, 9.17) is 32.3 Å². The number of phosphoric acid groups is 2. The Morgan fingerprint density at radius 1 is 0.235 bits per heavy atom. The summed E-state index contributed by atoms with van der Waals surface area (Å²) in [6.45, 7) is 2.37. The lowest BCUT2D eigenvalue weighted by Crippen LogP contribution is -2.30. The van der Waals surface area contributed by atoms with Crippen LogP contribution in [0, 0.1) is 0 Å². The van der Waals surface area contributed by atoms with Gasteiger partial charge in [0.05, 0.1) is 26.4 Å². The number of hydrogen-bond acceptors (Lipinski definition) is 14. The summed E-state index contributed by atoms with van der Waals surface area (Å²) in [5.74, 6) is -1.58. The van der Waals surface area contributed by atoms with Gasteiger partial charge in [0.1, 0.15) is 25.4 Å². The van der Waals surface area contributed by atoms with Gasteiger partial charge in [0, 0.05) is 19.3 Å². The zero-order chi connectivity index (χ0) is 86.5. The Balaban J connectivity index is 4.49. The third-order valence-corrected chi connectivity index (χ3v) is 21.5. The molecule has 0 aliphatic rings. The van der Waals surface area contributed by atoms with Gasteiger partial charge in [-0.3, -0.25) is 32.5 Å². The molecule has 18 heteroatoms. The molecule has 0 spiro atoms. The highest BCUT2D eigenvalue weighted by atomic mass is 31.2. The van der Waals surface area contributed by atoms with E-state index < -0.39 is 91.5 Å². The Morgan fingerprint density at radius 2 is 0.420 bits per heavy atom. The van der Waals surface area contributed by atoms with Crippen LogP contribution in [0.3, 0.4) is 0 Å². The van der Waals surface area contributed by atoms with Gasteiger partial charge in [-0.1, -0.05) is 389 Å². The molecule has 0 heterocycles.